The van der Waals surface area contributed by atoms with Gasteiger partial charge in [0, 0.05) is 24.5 Å². The van der Waals surface area contributed by atoms with Gasteiger partial charge in [0.15, 0.2) is 0 Å². The van der Waals surface area contributed by atoms with Crippen molar-refractivity contribution in [3.8, 4) is 0 Å². The number of carbonyl (C=O) groups excluding carboxylic acids is 2. The number of ether oxygens (including phenoxy) is 4. The summed E-state index contributed by atoms with van der Waals surface area (Å²) < 4.78 is 47.9. The van der Waals surface area contributed by atoms with Gasteiger partial charge in [0.2, 0.25) is 0 Å². The fourth-order valence-electron chi connectivity index (χ4n) is 3.18. The van der Waals surface area contributed by atoms with Crippen LogP contribution in [0, 0.1) is 0 Å². The van der Waals surface area contributed by atoms with Gasteiger partial charge in [-0.25, -0.2) is 9.59 Å². The number of alkyl carbamates (subject to hydrolysis) is 2. The first-order valence-corrected chi connectivity index (χ1v) is 13.4. The van der Waals surface area contributed by atoms with E-state index in [1.807, 2.05) is 0 Å². The third-order valence-electron chi connectivity index (χ3n) is 4.52. The molecular weight excluding hydrogens is 498 g/mol. The third-order valence-corrected chi connectivity index (χ3v) is 5.11. The zero-order chi connectivity index (χ0) is 27.6. The second kappa shape index (κ2) is 13.8. The number of rotatable bonds is 5. The molecule has 2 N–H and O–H groups in total. The number of carbonyl (C=O) groups is 2. The number of hydrogen-bond donors (Lipinski definition) is 2. The molecule has 0 aromatic rings. The van der Waals surface area contributed by atoms with Crippen LogP contribution >= 0.6 is 0 Å². The molecule has 2 aliphatic heterocycles. The number of nitrogens with one attached hydrogen (secondary N) is 2. The lowest BCUT2D eigenvalue weighted by molar-refractivity contribution is -0.00894. The molecule has 14 nitrogen and oxygen atoms in total. The fourth-order valence-corrected chi connectivity index (χ4v) is 3.86. The topological polar surface area (TPSA) is 187 Å². The molecule has 2 heterocycles. The Morgan fingerprint density at radius 2 is 1.39 bits per heavy atom. The Kier molecular flexibility index (Phi) is 12.2. The van der Waals surface area contributed by atoms with Gasteiger partial charge in [-0.3, -0.25) is 4.18 Å². The minimum atomic E-state index is -3.58. The van der Waals surface area contributed by atoms with Gasteiger partial charge in [-0.2, -0.15) is 8.42 Å². The predicted molar refractivity (Wildman–Crippen MR) is 130 cm³/mol. The van der Waals surface area contributed by atoms with Crippen molar-refractivity contribution in [3.05, 3.63) is 10.4 Å². The Hall–Kier alpha value is -2.32. The second-order valence-electron chi connectivity index (χ2n) is 10.3. The Bertz CT molecular complexity index is 879. The quantitative estimate of drug-likeness (QED) is 0.230. The molecule has 2 rings (SSSR count). The number of azide groups is 1. The molecule has 0 spiro atoms. The Morgan fingerprint density at radius 1 is 0.917 bits per heavy atom. The van der Waals surface area contributed by atoms with Crippen molar-refractivity contribution in [3.63, 3.8) is 0 Å². The van der Waals surface area contributed by atoms with Crippen molar-refractivity contribution in [1.29, 1.82) is 0 Å². The largest absolute Gasteiger partial charge is 0.444 e. The van der Waals surface area contributed by atoms with E-state index in [-0.39, 0.29) is 18.7 Å². The molecule has 0 aromatic heterocycles. The van der Waals surface area contributed by atoms with E-state index in [0.717, 1.165) is 6.26 Å². The van der Waals surface area contributed by atoms with Crippen molar-refractivity contribution in [2.45, 2.75) is 89.8 Å². The van der Waals surface area contributed by atoms with Crippen LogP contribution in [0.3, 0.4) is 0 Å². The van der Waals surface area contributed by atoms with Crippen LogP contribution in [0.4, 0.5) is 9.59 Å². The molecule has 0 radical (unpaired) electrons. The fraction of sp³-hybridized carbons (Fsp3) is 0.905. The average molecular weight is 538 g/mol. The van der Waals surface area contributed by atoms with E-state index in [1.54, 1.807) is 41.5 Å². The highest BCUT2D eigenvalue weighted by Crippen LogP contribution is 2.16. The molecule has 0 bridgehead atoms. The summed E-state index contributed by atoms with van der Waals surface area (Å²) in [6.07, 6.45) is 0.206. The van der Waals surface area contributed by atoms with Gasteiger partial charge in [-0.15, -0.1) is 0 Å². The Labute approximate surface area is 212 Å². The van der Waals surface area contributed by atoms with Crippen LogP contribution in [0.25, 0.3) is 10.4 Å². The van der Waals surface area contributed by atoms with Crippen LogP contribution in [0.5, 0.6) is 0 Å². The van der Waals surface area contributed by atoms with Gasteiger partial charge in [-0.05, 0) is 53.5 Å². The van der Waals surface area contributed by atoms with Crippen LogP contribution in [0.1, 0.15) is 54.4 Å². The molecule has 2 amide bonds. The lowest BCUT2D eigenvalue weighted by Gasteiger charge is -2.31. The lowest BCUT2D eigenvalue weighted by atomic mass is 10.1. The predicted octanol–water partition coefficient (Wildman–Crippen LogP) is 2.62. The standard InChI is InChI=1S/C11H21NO6S.C10H18N4O3/c1-11(2,3)17-10(13)12-8-7-16-6-5-9(8)18-19(4,14)15;1-10(2,3)17-9(15)12-8-6-16-5-4-7(8)13-14-11/h8-9H,5-7H2,1-4H3,(H,12,13);7-8H,4-6H2,1-3H3,(H,12,15)/t8-,9-;7-,8+/m10/s1. The molecule has 208 valence electrons. The van der Waals surface area contributed by atoms with Crippen LogP contribution in [0.2, 0.25) is 0 Å². The van der Waals surface area contributed by atoms with Gasteiger partial charge in [0.1, 0.15) is 17.3 Å². The lowest BCUT2D eigenvalue weighted by Crippen LogP contribution is -2.52. The van der Waals surface area contributed by atoms with Crippen molar-refractivity contribution >= 4 is 22.3 Å². The first kappa shape index (κ1) is 31.7. The molecule has 15 heteroatoms. The van der Waals surface area contributed by atoms with E-state index >= 15 is 0 Å². The molecule has 36 heavy (non-hydrogen) atoms. The second-order valence-corrected chi connectivity index (χ2v) is 11.9. The highest BCUT2D eigenvalue weighted by atomic mass is 32.2. The van der Waals surface area contributed by atoms with Crippen molar-refractivity contribution in [1.82, 2.24) is 10.6 Å². The van der Waals surface area contributed by atoms with Crippen LogP contribution in [-0.4, -0.2) is 88.7 Å². The SMILES string of the molecule is CC(C)(C)OC(=O)N[C@@H]1COCC[C@@H]1N=[N+]=[N-].CC(C)(C)OC(=O)N[C@@H]1COCC[C@H]1OS(C)(=O)=O. The van der Waals surface area contributed by atoms with E-state index in [2.05, 4.69) is 20.7 Å². The summed E-state index contributed by atoms with van der Waals surface area (Å²) >= 11 is 0. The van der Waals surface area contributed by atoms with Crippen molar-refractivity contribution < 1.29 is 41.1 Å². The van der Waals surface area contributed by atoms with Crippen molar-refractivity contribution in [2.24, 2.45) is 5.11 Å². The molecule has 2 saturated heterocycles. The monoisotopic (exact) mass is 537 g/mol. The van der Waals surface area contributed by atoms with E-state index in [1.165, 1.54) is 0 Å². The average Bonchev–Trinajstić information content (AvgIpc) is 2.68. The summed E-state index contributed by atoms with van der Waals surface area (Å²) in [5, 5.41) is 8.88. The molecule has 0 saturated carbocycles. The van der Waals surface area contributed by atoms with Crippen LogP contribution < -0.4 is 10.6 Å². The maximum Gasteiger partial charge on any atom is 0.408 e. The van der Waals surface area contributed by atoms with E-state index in [9.17, 15) is 18.0 Å². The molecule has 2 fully saturated rings. The van der Waals surface area contributed by atoms with E-state index in [0.29, 0.717) is 32.7 Å². The van der Waals surface area contributed by atoms with Gasteiger partial charge in [-0.1, -0.05) is 5.11 Å². The molecule has 4 atom stereocenters. The first-order chi connectivity index (χ1) is 16.5. The minimum absolute atomic E-state index is 0.194. The Morgan fingerprint density at radius 3 is 1.86 bits per heavy atom. The number of nitrogens with zero attached hydrogens (tertiary/aromatic N) is 3. The van der Waals surface area contributed by atoms with Gasteiger partial charge < -0.3 is 29.6 Å². The highest BCUT2D eigenvalue weighted by molar-refractivity contribution is 7.86. The first-order valence-electron chi connectivity index (χ1n) is 11.6. The minimum Gasteiger partial charge on any atom is -0.444 e. The molecule has 0 aromatic carbocycles. The van der Waals surface area contributed by atoms with E-state index in [4.69, 9.17) is 28.7 Å². The van der Waals surface area contributed by atoms with Crippen molar-refractivity contribution in [2.75, 3.05) is 32.7 Å². The number of hydrogen-bond acceptors (Lipinski definition) is 10. The zero-order valence-electron chi connectivity index (χ0n) is 22.0. The van der Waals surface area contributed by atoms with Gasteiger partial charge >= 0.3 is 12.2 Å². The summed E-state index contributed by atoms with van der Waals surface area (Å²) in [6, 6.07) is -1.14. The summed E-state index contributed by atoms with van der Waals surface area (Å²) in [5.41, 5.74) is 7.26. The van der Waals surface area contributed by atoms with E-state index < -0.39 is 45.7 Å². The molecule has 0 unspecified atom stereocenters. The van der Waals surface area contributed by atoms with Crippen LogP contribution in [-0.2, 0) is 33.2 Å². The zero-order valence-corrected chi connectivity index (χ0v) is 22.8. The maximum atomic E-state index is 11.6. The summed E-state index contributed by atoms with van der Waals surface area (Å²) in [7, 11) is -3.58. The highest BCUT2D eigenvalue weighted by Gasteiger charge is 2.32. The summed E-state index contributed by atoms with van der Waals surface area (Å²) in [6.45, 7) is 12.1. The smallest absolute Gasteiger partial charge is 0.408 e. The Balaban J connectivity index is 0.000000362. The summed E-state index contributed by atoms with van der Waals surface area (Å²) in [5.74, 6) is 0. The van der Waals surface area contributed by atoms with Crippen LogP contribution in [0.15, 0.2) is 5.11 Å². The normalized spacial score (nSPS) is 24.8. The summed E-state index contributed by atoms with van der Waals surface area (Å²) in [4.78, 5) is 26.0. The van der Waals surface area contributed by atoms with Gasteiger partial charge in [0.25, 0.3) is 10.1 Å². The molecule has 0 aliphatic carbocycles. The molecule has 2 aliphatic rings. The number of amides is 2. The maximum absolute atomic E-state index is 11.6. The van der Waals surface area contributed by atoms with Gasteiger partial charge in [0.05, 0.1) is 37.6 Å². The third kappa shape index (κ3) is 14.3. The molecular formula is C21H39N5O9S.